The van der Waals surface area contributed by atoms with Crippen LogP contribution in [0.4, 0.5) is 0 Å². The highest BCUT2D eigenvalue weighted by Gasteiger charge is 2.09. The summed E-state index contributed by atoms with van der Waals surface area (Å²) in [7, 11) is 0. The van der Waals surface area contributed by atoms with Crippen LogP contribution in [0, 0.1) is 13.8 Å². The highest BCUT2D eigenvalue weighted by atomic mass is 16.3. The molecule has 1 aromatic heterocycles. The molecule has 1 heterocycles. The second-order valence-corrected chi connectivity index (χ2v) is 6.12. The summed E-state index contributed by atoms with van der Waals surface area (Å²) in [6.07, 6.45) is 0.766. The molecule has 0 aliphatic rings. The third kappa shape index (κ3) is 3.34. The fourth-order valence-corrected chi connectivity index (χ4v) is 2.84. The predicted octanol–water partition coefficient (Wildman–Crippen LogP) is 3.25. The number of fused-ring (bicyclic) bond motifs is 1. The zero-order chi connectivity index (χ0) is 17.1. The van der Waals surface area contributed by atoms with E-state index in [1.54, 1.807) is 0 Å². The smallest absolute Gasteiger partial charge is 0.251 e. The highest BCUT2D eigenvalue weighted by Crippen LogP contribution is 2.22. The maximum absolute atomic E-state index is 12.3. The molecule has 0 fully saturated rings. The third-order valence-electron chi connectivity index (χ3n) is 4.48. The van der Waals surface area contributed by atoms with Gasteiger partial charge < -0.3 is 15.4 Å². The van der Waals surface area contributed by atoms with Gasteiger partial charge in [-0.1, -0.05) is 24.3 Å². The van der Waals surface area contributed by atoms with Crippen LogP contribution >= 0.6 is 0 Å². The van der Waals surface area contributed by atoms with Gasteiger partial charge in [-0.15, -0.1) is 0 Å². The lowest BCUT2D eigenvalue weighted by Gasteiger charge is -2.06. The molecule has 0 saturated heterocycles. The molecule has 24 heavy (non-hydrogen) atoms. The van der Waals surface area contributed by atoms with Crippen LogP contribution < -0.4 is 5.32 Å². The van der Waals surface area contributed by atoms with Crippen LogP contribution in [0.15, 0.2) is 42.5 Å². The maximum atomic E-state index is 12.3. The van der Waals surface area contributed by atoms with E-state index in [-0.39, 0.29) is 12.5 Å². The molecule has 4 nitrogen and oxygen atoms in total. The SMILES string of the molecule is Cc1[nH]c2ccc(C(=O)NCCc3ccc(CO)cc3)cc2c1C. The van der Waals surface area contributed by atoms with E-state index in [0.717, 1.165) is 34.1 Å². The van der Waals surface area contributed by atoms with Gasteiger partial charge in [-0.25, -0.2) is 0 Å². The molecule has 4 heteroatoms. The summed E-state index contributed by atoms with van der Waals surface area (Å²) in [4.78, 5) is 15.7. The number of aromatic amines is 1. The summed E-state index contributed by atoms with van der Waals surface area (Å²) >= 11 is 0. The van der Waals surface area contributed by atoms with Crippen molar-refractivity contribution < 1.29 is 9.90 Å². The number of amides is 1. The summed E-state index contributed by atoms with van der Waals surface area (Å²) in [5.74, 6) is -0.0536. The molecule has 3 rings (SSSR count). The Labute approximate surface area is 141 Å². The van der Waals surface area contributed by atoms with E-state index in [1.807, 2.05) is 49.4 Å². The Morgan fingerprint density at radius 1 is 1.08 bits per heavy atom. The van der Waals surface area contributed by atoms with Gasteiger partial charge in [0, 0.05) is 28.7 Å². The summed E-state index contributed by atoms with van der Waals surface area (Å²) < 4.78 is 0. The van der Waals surface area contributed by atoms with Crippen LogP contribution in [-0.4, -0.2) is 22.5 Å². The van der Waals surface area contributed by atoms with Gasteiger partial charge in [0.2, 0.25) is 0 Å². The lowest BCUT2D eigenvalue weighted by atomic mass is 10.1. The van der Waals surface area contributed by atoms with E-state index < -0.39 is 0 Å². The molecule has 0 atom stereocenters. The minimum Gasteiger partial charge on any atom is -0.392 e. The normalized spacial score (nSPS) is 11.0. The van der Waals surface area contributed by atoms with Gasteiger partial charge in [0.15, 0.2) is 0 Å². The van der Waals surface area contributed by atoms with Crippen LogP contribution in [-0.2, 0) is 13.0 Å². The van der Waals surface area contributed by atoms with Crippen molar-refractivity contribution in [3.8, 4) is 0 Å². The van der Waals surface area contributed by atoms with E-state index in [1.165, 1.54) is 5.56 Å². The molecule has 2 aromatic carbocycles. The summed E-state index contributed by atoms with van der Waals surface area (Å²) in [6, 6.07) is 13.5. The van der Waals surface area contributed by atoms with Gasteiger partial charge in [0.1, 0.15) is 0 Å². The van der Waals surface area contributed by atoms with Gasteiger partial charge in [0.05, 0.1) is 6.61 Å². The summed E-state index contributed by atoms with van der Waals surface area (Å²) in [5, 5.41) is 13.1. The van der Waals surface area contributed by atoms with Crippen LogP contribution in [0.1, 0.15) is 32.7 Å². The number of carbonyl (C=O) groups is 1. The number of aliphatic hydroxyl groups excluding tert-OH is 1. The number of hydrogen-bond donors (Lipinski definition) is 3. The van der Waals surface area contributed by atoms with Crippen molar-refractivity contribution in [3.63, 3.8) is 0 Å². The van der Waals surface area contributed by atoms with Crippen molar-refractivity contribution in [2.75, 3.05) is 6.54 Å². The van der Waals surface area contributed by atoms with Gasteiger partial charge in [-0.2, -0.15) is 0 Å². The standard InChI is InChI=1S/C20H22N2O2/c1-13-14(2)22-19-8-7-17(11-18(13)19)20(24)21-10-9-15-3-5-16(12-23)6-4-15/h3-8,11,22-23H,9-10,12H2,1-2H3,(H,21,24). The number of rotatable bonds is 5. The van der Waals surface area contributed by atoms with Crippen molar-refractivity contribution in [1.82, 2.24) is 10.3 Å². The number of H-pyrrole nitrogens is 1. The second kappa shape index (κ2) is 6.89. The summed E-state index contributed by atoms with van der Waals surface area (Å²) in [6.45, 7) is 4.74. The average Bonchev–Trinajstić information content (AvgIpc) is 2.89. The Bertz CT molecular complexity index is 863. The molecule has 0 aliphatic heterocycles. The molecule has 1 amide bonds. The van der Waals surface area contributed by atoms with Crippen LogP contribution in [0.3, 0.4) is 0 Å². The number of benzene rings is 2. The van der Waals surface area contributed by atoms with Crippen LogP contribution in [0.25, 0.3) is 10.9 Å². The fraction of sp³-hybridized carbons (Fsp3) is 0.250. The van der Waals surface area contributed by atoms with Crippen molar-refractivity contribution in [3.05, 3.63) is 70.4 Å². The topological polar surface area (TPSA) is 65.1 Å². The van der Waals surface area contributed by atoms with E-state index in [2.05, 4.69) is 17.2 Å². The third-order valence-corrected chi connectivity index (χ3v) is 4.48. The zero-order valence-electron chi connectivity index (χ0n) is 14.0. The van der Waals surface area contributed by atoms with Crippen molar-refractivity contribution in [2.45, 2.75) is 26.9 Å². The summed E-state index contributed by atoms with van der Waals surface area (Å²) in [5.41, 5.74) is 6.09. The largest absolute Gasteiger partial charge is 0.392 e. The molecule has 0 aliphatic carbocycles. The van der Waals surface area contributed by atoms with Crippen molar-refractivity contribution >= 4 is 16.8 Å². The Kier molecular flexibility index (Phi) is 4.67. The molecule has 0 radical (unpaired) electrons. The first-order valence-corrected chi connectivity index (χ1v) is 8.14. The quantitative estimate of drug-likeness (QED) is 0.675. The van der Waals surface area contributed by atoms with E-state index in [4.69, 9.17) is 5.11 Å². The first-order valence-electron chi connectivity index (χ1n) is 8.14. The number of aryl methyl sites for hydroxylation is 2. The first kappa shape index (κ1) is 16.3. The van der Waals surface area contributed by atoms with Gasteiger partial charge in [-0.05, 0) is 55.2 Å². The molecular weight excluding hydrogens is 300 g/mol. The predicted molar refractivity (Wildman–Crippen MR) is 96.2 cm³/mol. The Morgan fingerprint density at radius 2 is 1.79 bits per heavy atom. The minimum absolute atomic E-state index is 0.0531. The van der Waals surface area contributed by atoms with Crippen LogP contribution in [0.2, 0.25) is 0 Å². The number of aliphatic hydroxyl groups is 1. The lowest BCUT2D eigenvalue weighted by molar-refractivity contribution is 0.0954. The Hall–Kier alpha value is -2.59. The molecule has 0 saturated carbocycles. The van der Waals surface area contributed by atoms with E-state index >= 15 is 0 Å². The first-order chi connectivity index (χ1) is 11.6. The highest BCUT2D eigenvalue weighted by molar-refractivity contribution is 5.99. The molecule has 0 bridgehead atoms. The minimum atomic E-state index is -0.0536. The number of nitrogens with one attached hydrogen (secondary N) is 2. The van der Waals surface area contributed by atoms with Gasteiger partial charge >= 0.3 is 0 Å². The fourth-order valence-electron chi connectivity index (χ4n) is 2.84. The monoisotopic (exact) mass is 322 g/mol. The molecule has 0 unspecified atom stereocenters. The molecule has 0 spiro atoms. The molecular formula is C20H22N2O2. The lowest BCUT2D eigenvalue weighted by Crippen LogP contribution is -2.25. The average molecular weight is 322 g/mol. The van der Waals surface area contributed by atoms with E-state index in [0.29, 0.717) is 12.1 Å². The Balaban J connectivity index is 1.63. The Morgan fingerprint density at radius 3 is 2.50 bits per heavy atom. The van der Waals surface area contributed by atoms with Crippen molar-refractivity contribution in [2.24, 2.45) is 0 Å². The number of aromatic nitrogens is 1. The zero-order valence-corrected chi connectivity index (χ0v) is 14.0. The molecule has 3 N–H and O–H groups in total. The number of hydrogen-bond acceptors (Lipinski definition) is 2. The van der Waals surface area contributed by atoms with Gasteiger partial charge in [-0.3, -0.25) is 4.79 Å². The van der Waals surface area contributed by atoms with Gasteiger partial charge in [0.25, 0.3) is 5.91 Å². The second-order valence-electron chi connectivity index (χ2n) is 6.12. The van der Waals surface area contributed by atoms with Crippen LogP contribution in [0.5, 0.6) is 0 Å². The maximum Gasteiger partial charge on any atom is 0.251 e. The molecule has 3 aromatic rings. The van der Waals surface area contributed by atoms with Crippen molar-refractivity contribution in [1.29, 1.82) is 0 Å². The van der Waals surface area contributed by atoms with E-state index in [9.17, 15) is 4.79 Å². The molecule has 124 valence electrons. The number of carbonyl (C=O) groups excluding carboxylic acids is 1.